The normalized spacial score (nSPS) is 15.3. The number of hydrogen-bond donors (Lipinski definition) is 1. The Labute approximate surface area is 135 Å². The van der Waals surface area contributed by atoms with Crippen molar-refractivity contribution in [2.75, 3.05) is 6.54 Å². The minimum atomic E-state index is 0.481. The molecule has 2 rings (SSSR count). The highest BCUT2D eigenvalue weighted by Crippen LogP contribution is 2.36. The van der Waals surface area contributed by atoms with Crippen molar-refractivity contribution in [3.05, 3.63) is 71.3 Å². The van der Waals surface area contributed by atoms with Crippen molar-refractivity contribution in [1.29, 1.82) is 0 Å². The molecule has 1 heteroatoms. The molecule has 22 heavy (non-hydrogen) atoms. The number of hydrogen-bond acceptors (Lipinski definition) is 1. The Balaban J connectivity index is 2.29. The molecule has 0 saturated heterocycles. The van der Waals surface area contributed by atoms with Crippen molar-refractivity contribution in [3.8, 4) is 0 Å². The van der Waals surface area contributed by atoms with Gasteiger partial charge in [0.05, 0.1) is 0 Å². The molecular formula is C21H29N. The van der Waals surface area contributed by atoms with Gasteiger partial charge in [-0.2, -0.15) is 0 Å². The van der Waals surface area contributed by atoms with Gasteiger partial charge in [0, 0.05) is 0 Å². The van der Waals surface area contributed by atoms with Crippen LogP contribution in [0.15, 0.2) is 54.6 Å². The monoisotopic (exact) mass is 295 g/mol. The third-order valence-corrected chi connectivity index (χ3v) is 4.93. The topological polar surface area (TPSA) is 26.0 Å². The first-order chi connectivity index (χ1) is 10.7. The highest BCUT2D eigenvalue weighted by molar-refractivity contribution is 5.32. The largest absolute Gasteiger partial charge is 0.330 e. The second-order valence-corrected chi connectivity index (χ2v) is 6.36. The lowest BCUT2D eigenvalue weighted by Crippen LogP contribution is -2.14. The van der Waals surface area contributed by atoms with Gasteiger partial charge in [-0.3, -0.25) is 0 Å². The fourth-order valence-corrected chi connectivity index (χ4v) is 3.20. The van der Waals surface area contributed by atoms with E-state index in [9.17, 15) is 0 Å². The second-order valence-electron chi connectivity index (χ2n) is 6.36. The summed E-state index contributed by atoms with van der Waals surface area (Å²) in [5.41, 5.74) is 10.2. The van der Waals surface area contributed by atoms with E-state index in [1.54, 1.807) is 0 Å². The summed E-state index contributed by atoms with van der Waals surface area (Å²) in [5.74, 6) is 1.59. The Morgan fingerprint density at radius 1 is 0.864 bits per heavy atom. The van der Waals surface area contributed by atoms with Crippen LogP contribution in [0, 0.1) is 0 Å². The third-order valence-electron chi connectivity index (χ3n) is 4.93. The predicted molar refractivity (Wildman–Crippen MR) is 96.4 cm³/mol. The minimum absolute atomic E-state index is 0.481. The Hall–Kier alpha value is -1.60. The zero-order chi connectivity index (χ0) is 15.9. The van der Waals surface area contributed by atoms with Crippen LogP contribution in [0.25, 0.3) is 0 Å². The molecule has 3 atom stereocenters. The highest BCUT2D eigenvalue weighted by Gasteiger charge is 2.20. The van der Waals surface area contributed by atoms with Crippen molar-refractivity contribution in [2.45, 2.75) is 51.4 Å². The maximum atomic E-state index is 5.88. The van der Waals surface area contributed by atoms with Gasteiger partial charge in [-0.1, -0.05) is 75.4 Å². The zero-order valence-electron chi connectivity index (χ0n) is 14.1. The smallest absolute Gasteiger partial charge is 0.00712 e. The maximum absolute atomic E-state index is 5.88. The summed E-state index contributed by atoms with van der Waals surface area (Å²) >= 11 is 0. The van der Waals surface area contributed by atoms with E-state index < -0.39 is 0 Å². The van der Waals surface area contributed by atoms with Crippen LogP contribution in [0.2, 0.25) is 0 Å². The average molecular weight is 295 g/mol. The lowest BCUT2D eigenvalue weighted by molar-refractivity contribution is 0.541. The average Bonchev–Trinajstić information content (AvgIpc) is 2.59. The molecule has 1 nitrogen and oxygen atoms in total. The predicted octanol–water partition coefficient (Wildman–Crippen LogP) is 5.44. The number of nitrogens with two attached hydrogens (primary N) is 1. The van der Waals surface area contributed by atoms with E-state index in [-0.39, 0.29) is 0 Å². The van der Waals surface area contributed by atoms with Crippen LogP contribution in [0.5, 0.6) is 0 Å². The molecule has 2 aromatic rings. The van der Waals surface area contributed by atoms with E-state index in [1.807, 2.05) is 0 Å². The molecule has 0 aliphatic rings. The molecule has 0 aliphatic carbocycles. The van der Waals surface area contributed by atoms with Gasteiger partial charge in [0.2, 0.25) is 0 Å². The summed E-state index contributed by atoms with van der Waals surface area (Å²) in [6.45, 7) is 7.62. The first kappa shape index (κ1) is 16.8. The van der Waals surface area contributed by atoms with Gasteiger partial charge in [0.25, 0.3) is 0 Å². The summed E-state index contributed by atoms with van der Waals surface area (Å²) in [6, 6.07) is 19.9. The van der Waals surface area contributed by atoms with Gasteiger partial charge in [0.1, 0.15) is 0 Å². The Morgan fingerprint density at radius 3 is 2.14 bits per heavy atom. The molecule has 2 aromatic carbocycles. The van der Waals surface area contributed by atoms with Crippen LogP contribution in [0.1, 0.15) is 68.1 Å². The Bertz CT molecular complexity index is 561. The molecule has 0 radical (unpaired) electrons. The molecule has 0 saturated carbocycles. The van der Waals surface area contributed by atoms with E-state index in [4.69, 9.17) is 5.73 Å². The molecule has 2 N–H and O–H groups in total. The Morgan fingerprint density at radius 2 is 1.50 bits per heavy atom. The van der Waals surface area contributed by atoms with Crippen LogP contribution in [-0.2, 0) is 0 Å². The van der Waals surface area contributed by atoms with E-state index in [0.29, 0.717) is 17.8 Å². The van der Waals surface area contributed by atoms with Gasteiger partial charge in [0.15, 0.2) is 0 Å². The van der Waals surface area contributed by atoms with Gasteiger partial charge in [-0.25, -0.2) is 0 Å². The fraction of sp³-hybridized carbons (Fsp3) is 0.429. The quantitative estimate of drug-likeness (QED) is 0.723. The third kappa shape index (κ3) is 3.98. The first-order valence-corrected chi connectivity index (χ1v) is 8.52. The first-order valence-electron chi connectivity index (χ1n) is 8.52. The molecule has 0 aromatic heterocycles. The molecule has 118 valence electrons. The van der Waals surface area contributed by atoms with E-state index >= 15 is 0 Å². The van der Waals surface area contributed by atoms with Crippen LogP contribution < -0.4 is 5.73 Å². The highest BCUT2D eigenvalue weighted by atomic mass is 14.5. The van der Waals surface area contributed by atoms with Crippen LogP contribution in [0.3, 0.4) is 0 Å². The van der Waals surface area contributed by atoms with Crippen LogP contribution in [0.4, 0.5) is 0 Å². The van der Waals surface area contributed by atoms with Gasteiger partial charge in [-0.05, 0) is 53.8 Å². The molecule has 3 unspecified atom stereocenters. The van der Waals surface area contributed by atoms with Crippen molar-refractivity contribution in [3.63, 3.8) is 0 Å². The van der Waals surface area contributed by atoms with Crippen molar-refractivity contribution >= 4 is 0 Å². The minimum Gasteiger partial charge on any atom is -0.330 e. The standard InChI is InChI=1S/C21H29N/c1-4-16(2)19-11-8-12-20(15-19)17(3)21(13-14-22)18-9-6-5-7-10-18/h5-12,15-17,21H,4,13-14,22H2,1-3H3. The summed E-state index contributed by atoms with van der Waals surface area (Å²) in [6.07, 6.45) is 2.21. The molecule has 0 amide bonds. The molecule has 0 heterocycles. The van der Waals surface area contributed by atoms with Crippen LogP contribution >= 0.6 is 0 Å². The van der Waals surface area contributed by atoms with E-state index in [2.05, 4.69) is 75.4 Å². The lowest BCUT2D eigenvalue weighted by Gasteiger charge is -2.25. The van der Waals surface area contributed by atoms with Gasteiger partial charge in [-0.15, -0.1) is 0 Å². The number of benzene rings is 2. The second kappa shape index (κ2) is 8.14. The summed E-state index contributed by atoms with van der Waals surface area (Å²) in [4.78, 5) is 0. The SMILES string of the molecule is CCC(C)c1cccc(C(C)C(CCN)c2ccccc2)c1. The molecule has 0 spiro atoms. The van der Waals surface area contributed by atoms with Crippen LogP contribution in [-0.4, -0.2) is 6.54 Å². The molecule has 0 fully saturated rings. The fourth-order valence-electron chi connectivity index (χ4n) is 3.20. The molecule has 0 aliphatic heterocycles. The van der Waals surface area contributed by atoms with Gasteiger partial charge < -0.3 is 5.73 Å². The van der Waals surface area contributed by atoms with Crippen molar-refractivity contribution in [1.82, 2.24) is 0 Å². The molecule has 0 bridgehead atoms. The van der Waals surface area contributed by atoms with Gasteiger partial charge >= 0.3 is 0 Å². The van der Waals surface area contributed by atoms with E-state index in [0.717, 1.165) is 13.0 Å². The van der Waals surface area contributed by atoms with E-state index in [1.165, 1.54) is 23.1 Å². The summed E-state index contributed by atoms with van der Waals surface area (Å²) in [7, 11) is 0. The van der Waals surface area contributed by atoms with Crippen molar-refractivity contribution < 1.29 is 0 Å². The summed E-state index contributed by atoms with van der Waals surface area (Å²) in [5, 5.41) is 0. The maximum Gasteiger partial charge on any atom is -0.00712 e. The summed E-state index contributed by atoms with van der Waals surface area (Å²) < 4.78 is 0. The zero-order valence-corrected chi connectivity index (χ0v) is 14.1. The number of rotatable bonds is 7. The molecular weight excluding hydrogens is 266 g/mol. The van der Waals surface area contributed by atoms with Crippen molar-refractivity contribution in [2.24, 2.45) is 5.73 Å². The Kier molecular flexibility index (Phi) is 6.21. The lowest BCUT2D eigenvalue weighted by atomic mass is 9.79.